The standard InChI is InChI=1S/C28H29N3O4/c32-26(23-14-15-23)30-24-13-7-12-22(16-24)18-29-27(33)25(17-20-8-3-1-4-9-20)31-28(34)35-19-21-10-5-2-6-11-21/h1-13,16,23,25H,14-15,17-19H2,(H,29,33)(H,30,32)(H,31,34)/t25-/m1/s1. The number of amides is 3. The lowest BCUT2D eigenvalue weighted by molar-refractivity contribution is -0.123. The summed E-state index contributed by atoms with van der Waals surface area (Å²) in [6.07, 6.45) is 1.54. The van der Waals surface area contributed by atoms with Crippen LogP contribution in [0.5, 0.6) is 0 Å². The molecule has 7 nitrogen and oxygen atoms in total. The molecule has 1 aliphatic carbocycles. The van der Waals surface area contributed by atoms with E-state index in [4.69, 9.17) is 4.74 Å². The van der Waals surface area contributed by atoms with Gasteiger partial charge in [0.05, 0.1) is 0 Å². The van der Waals surface area contributed by atoms with E-state index in [9.17, 15) is 14.4 Å². The maximum atomic E-state index is 13.0. The van der Waals surface area contributed by atoms with Gasteiger partial charge in [0, 0.05) is 24.6 Å². The van der Waals surface area contributed by atoms with Crippen molar-refractivity contribution in [3.63, 3.8) is 0 Å². The molecule has 1 aliphatic rings. The third-order valence-electron chi connectivity index (χ3n) is 5.71. The van der Waals surface area contributed by atoms with E-state index >= 15 is 0 Å². The highest BCUT2D eigenvalue weighted by atomic mass is 16.5. The summed E-state index contributed by atoms with van der Waals surface area (Å²) in [6, 6.07) is 25.4. The molecule has 0 aromatic heterocycles. The molecular weight excluding hydrogens is 442 g/mol. The minimum Gasteiger partial charge on any atom is -0.445 e. The van der Waals surface area contributed by atoms with Gasteiger partial charge in [-0.3, -0.25) is 9.59 Å². The molecule has 1 saturated carbocycles. The number of benzene rings is 3. The van der Waals surface area contributed by atoms with Gasteiger partial charge in [-0.1, -0.05) is 72.8 Å². The van der Waals surface area contributed by atoms with Crippen LogP contribution in [0.2, 0.25) is 0 Å². The first-order valence-electron chi connectivity index (χ1n) is 11.8. The Bertz CT molecular complexity index is 1150. The maximum absolute atomic E-state index is 13.0. The number of ether oxygens (including phenoxy) is 1. The third-order valence-corrected chi connectivity index (χ3v) is 5.71. The Balaban J connectivity index is 1.35. The van der Waals surface area contributed by atoms with Crippen LogP contribution < -0.4 is 16.0 Å². The summed E-state index contributed by atoms with van der Waals surface area (Å²) in [7, 11) is 0. The molecular formula is C28H29N3O4. The number of rotatable bonds is 10. The van der Waals surface area contributed by atoms with E-state index in [-0.39, 0.29) is 30.9 Å². The van der Waals surface area contributed by atoms with Crippen molar-refractivity contribution < 1.29 is 19.1 Å². The zero-order chi connectivity index (χ0) is 24.5. The molecule has 35 heavy (non-hydrogen) atoms. The van der Waals surface area contributed by atoms with Crippen LogP contribution in [0.25, 0.3) is 0 Å². The highest BCUT2D eigenvalue weighted by molar-refractivity contribution is 5.94. The second-order valence-electron chi connectivity index (χ2n) is 8.63. The predicted molar refractivity (Wildman–Crippen MR) is 133 cm³/mol. The summed E-state index contributed by atoms with van der Waals surface area (Å²) in [5.41, 5.74) is 3.33. The molecule has 7 heteroatoms. The van der Waals surface area contributed by atoms with Gasteiger partial charge in [-0.2, -0.15) is 0 Å². The van der Waals surface area contributed by atoms with E-state index in [1.807, 2.05) is 84.9 Å². The Morgan fingerprint density at radius 2 is 1.49 bits per heavy atom. The Kier molecular flexibility index (Phi) is 8.12. The van der Waals surface area contributed by atoms with Crippen molar-refractivity contribution in [2.45, 2.75) is 38.5 Å². The Morgan fingerprint density at radius 3 is 2.17 bits per heavy atom. The third kappa shape index (κ3) is 7.71. The van der Waals surface area contributed by atoms with E-state index in [0.717, 1.165) is 29.5 Å². The molecule has 3 aromatic carbocycles. The molecule has 3 amide bonds. The molecule has 3 N–H and O–H groups in total. The molecule has 4 rings (SSSR count). The van der Waals surface area contributed by atoms with Crippen LogP contribution in [0.4, 0.5) is 10.5 Å². The largest absolute Gasteiger partial charge is 0.445 e. The average molecular weight is 472 g/mol. The lowest BCUT2D eigenvalue weighted by atomic mass is 10.1. The van der Waals surface area contributed by atoms with Crippen molar-refractivity contribution in [3.05, 3.63) is 102 Å². The van der Waals surface area contributed by atoms with Gasteiger partial charge in [0.15, 0.2) is 0 Å². The average Bonchev–Trinajstić information content (AvgIpc) is 3.73. The highest BCUT2D eigenvalue weighted by Crippen LogP contribution is 2.30. The van der Waals surface area contributed by atoms with Gasteiger partial charge >= 0.3 is 6.09 Å². The molecule has 0 heterocycles. The fraction of sp³-hybridized carbons (Fsp3) is 0.250. The van der Waals surface area contributed by atoms with Crippen LogP contribution in [-0.4, -0.2) is 23.9 Å². The van der Waals surface area contributed by atoms with Crippen molar-refractivity contribution in [1.82, 2.24) is 10.6 Å². The first-order chi connectivity index (χ1) is 17.1. The summed E-state index contributed by atoms with van der Waals surface area (Å²) < 4.78 is 5.32. The first kappa shape index (κ1) is 24.0. The quantitative estimate of drug-likeness (QED) is 0.413. The number of hydrogen-bond donors (Lipinski definition) is 3. The Labute approximate surface area is 204 Å². The maximum Gasteiger partial charge on any atom is 0.408 e. The molecule has 0 aliphatic heterocycles. The lowest BCUT2D eigenvalue weighted by Crippen LogP contribution is -2.48. The van der Waals surface area contributed by atoms with E-state index in [1.165, 1.54) is 0 Å². The van der Waals surface area contributed by atoms with E-state index in [0.29, 0.717) is 12.1 Å². The van der Waals surface area contributed by atoms with Gasteiger partial charge in [0.1, 0.15) is 12.6 Å². The van der Waals surface area contributed by atoms with Crippen molar-refractivity contribution in [2.24, 2.45) is 5.92 Å². The van der Waals surface area contributed by atoms with Crippen LogP contribution in [0.1, 0.15) is 29.5 Å². The zero-order valence-electron chi connectivity index (χ0n) is 19.4. The van der Waals surface area contributed by atoms with E-state index in [2.05, 4.69) is 16.0 Å². The molecule has 0 bridgehead atoms. The van der Waals surface area contributed by atoms with Crippen LogP contribution in [0.15, 0.2) is 84.9 Å². The second-order valence-corrected chi connectivity index (χ2v) is 8.63. The first-order valence-corrected chi connectivity index (χ1v) is 11.8. The van der Waals surface area contributed by atoms with Gasteiger partial charge < -0.3 is 20.7 Å². The van der Waals surface area contributed by atoms with Gasteiger partial charge in [0.25, 0.3) is 0 Å². The van der Waals surface area contributed by atoms with Gasteiger partial charge in [-0.25, -0.2) is 4.79 Å². The number of carbonyl (C=O) groups is 3. The summed E-state index contributed by atoms with van der Waals surface area (Å²) >= 11 is 0. The Morgan fingerprint density at radius 1 is 0.829 bits per heavy atom. The van der Waals surface area contributed by atoms with Crippen LogP contribution in [0, 0.1) is 5.92 Å². The van der Waals surface area contributed by atoms with Crippen LogP contribution in [0.3, 0.4) is 0 Å². The van der Waals surface area contributed by atoms with Crippen molar-refractivity contribution >= 4 is 23.6 Å². The number of anilines is 1. The minimum absolute atomic E-state index is 0.0346. The van der Waals surface area contributed by atoms with Crippen molar-refractivity contribution in [2.75, 3.05) is 5.32 Å². The number of hydrogen-bond acceptors (Lipinski definition) is 4. The lowest BCUT2D eigenvalue weighted by Gasteiger charge is -2.19. The van der Waals surface area contributed by atoms with Gasteiger partial charge in [-0.15, -0.1) is 0 Å². The topological polar surface area (TPSA) is 96.5 Å². The van der Waals surface area contributed by atoms with E-state index < -0.39 is 12.1 Å². The molecule has 0 saturated heterocycles. The SMILES string of the molecule is O=C(N[C@H](Cc1ccccc1)C(=O)NCc1cccc(NC(=O)C2CC2)c1)OCc1ccccc1. The number of nitrogens with one attached hydrogen (secondary N) is 3. The van der Waals surface area contributed by atoms with Gasteiger partial charge in [0.2, 0.25) is 11.8 Å². The zero-order valence-corrected chi connectivity index (χ0v) is 19.4. The molecule has 0 spiro atoms. The predicted octanol–water partition coefficient (Wildman–Crippen LogP) is 4.19. The minimum atomic E-state index is -0.807. The molecule has 180 valence electrons. The smallest absolute Gasteiger partial charge is 0.408 e. The number of alkyl carbamates (subject to hydrolysis) is 1. The fourth-order valence-corrected chi connectivity index (χ4v) is 3.63. The monoisotopic (exact) mass is 471 g/mol. The van der Waals surface area contributed by atoms with Gasteiger partial charge in [-0.05, 0) is 41.7 Å². The second kappa shape index (κ2) is 11.8. The Hall–Kier alpha value is -4.13. The normalized spacial score (nSPS) is 13.4. The molecule has 1 atom stereocenters. The summed E-state index contributed by atoms with van der Waals surface area (Å²) in [5.74, 6) is -0.171. The summed E-state index contributed by atoms with van der Waals surface area (Å²) in [5, 5.41) is 8.51. The highest BCUT2D eigenvalue weighted by Gasteiger charge is 2.29. The molecule has 0 radical (unpaired) electrons. The summed E-state index contributed by atoms with van der Waals surface area (Å²) in [4.78, 5) is 37.5. The van der Waals surface area contributed by atoms with E-state index in [1.54, 1.807) is 0 Å². The van der Waals surface area contributed by atoms with Crippen molar-refractivity contribution in [3.8, 4) is 0 Å². The molecule has 1 fully saturated rings. The van der Waals surface area contributed by atoms with Crippen LogP contribution in [-0.2, 0) is 33.9 Å². The number of carbonyl (C=O) groups excluding carboxylic acids is 3. The van der Waals surface area contributed by atoms with Crippen molar-refractivity contribution in [1.29, 1.82) is 0 Å². The summed E-state index contributed by atoms with van der Waals surface area (Å²) in [6.45, 7) is 0.379. The fourth-order valence-electron chi connectivity index (χ4n) is 3.63. The molecule has 0 unspecified atom stereocenters. The molecule has 3 aromatic rings. The van der Waals surface area contributed by atoms with Crippen LogP contribution >= 0.6 is 0 Å².